The molecular weight excluding hydrogens is 450 g/mol. The van der Waals surface area contributed by atoms with Gasteiger partial charge in [0.25, 0.3) is 5.91 Å². The highest BCUT2D eigenvalue weighted by Gasteiger charge is 2.47. The molecule has 1 N–H and O–H groups in total. The van der Waals surface area contributed by atoms with Gasteiger partial charge in [0.15, 0.2) is 6.04 Å². The molecule has 2 saturated heterocycles. The number of imide groups is 1. The molecule has 3 atom stereocenters. The summed E-state index contributed by atoms with van der Waals surface area (Å²) in [4.78, 5) is 45.4. The molecule has 7 nitrogen and oxygen atoms in total. The number of aryl methyl sites for hydroxylation is 1. The molecule has 1 aromatic heterocycles. The Labute approximate surface area is 202 Å². The van der Waals surface area contributed by atoms with Crippen molar-refractivity contribution in [3.63, 3.8) is 0 Å². The lowest BCUT2D eigenvalue weighted by Crippen LogP contribution is -3.18. The number of aromatic nitrogens is 1. The van der Waals surface area contributed by atoms with Gasteiger partial charge in [0.1, 0.15) is 10.9 Å². The number of anilines is 1. The first-order chi connectivity index (χ1) is 16.4. The Hall–Kier alpha value is -3.10. The van der Waals surface area contributed by atoms with Crippen LogP contribution in [0.5, 0.6) is 0 Å². The maximum atomic E-state index is 13.3. The molecule has 3 aromatic rings. The van der Waals surface area contributed by atoms with Gasteiger partial charge in [0, 0.05) is 5.56 Å². The molecule has 0 radical (unpaired) electrons. The predicted molar refractivity (Wildman–Crippen MR) is 131 cm³/mol. The number of thiazole rings is 1. The molecule has 3 heterocycles. The minimum absolute atomic E-state index is 0.169. The number of quaternary nitrogens is 1. The third kappa shape index (κ3) is 4.23. The smallest absolute Gasteiger partial charge is 0.314 e. The third-order valence-electron chi connectivity index (χ3n) is 6.73. The van der Waals surface area contributed by atoms with E-state index in [1.807, 2.05) is 30.3 Å². The topological polar surface area (TPSA) is 81.0 Å². The molecule has 0 spiro atoms. The quantitative estimate of drug-likeness (QED) is 0.451. The minimum atomic E-state index is -0.447. The summed E-state index contributed by atoms with van der Waals surface area (Å²) in [5, 5.41) is 0.909. The second kappa shape index (κ2) is 9.27. The Morgan fingerprint density at radius 3 is 2.76 bits per heavy atom. The number of nitrogens with one attached hydrogen (secondary N) is 1. The molecule has 0 saturated carbocycles. The number of carbonyl (C=O) groups excluding carboxylic acids is 3. The van der Waals surface area contributed by atoms with Crippen molar-refractivity contribution in [2.24, 2.45) is 5.92 Å². The fourth-order valence-corrected chi connectivity index (χ4v) is 6.07. The van der Waals surface area contributed by atoms with Crippen molar-refractivity contribution >= 4 is 45.0 Å². The molecule has 2 aliphatic rings. The van der Waals surface area contributed by atoms with Crippen LogP contribution in [0.15, 0.2) is 42.5 Å². The van der Waals surface area contributed by atoms with Crippen LogP contribution in [0.3, 0.4) is 0 Å². The van der Waals surface area contributed by atoms with Gasteiger partial charge in [-0.1, -0.05) is 6.07 Å². The van der Waals surface area contributed by atoms with Crippen LogP contribution < -0.4 is 9.80 Å². The van der Waals surface area contributed by atoms with Crippen LogP contribution in [0.1, 0.15) is 31.7 Å². The summed E-state index contributed by atoms with van der Waals surface area (Å²) in [5.41, 5.74) is 3.70. The molecule has 2 amide bonds. The van der Waals surface area contributed by atoms with Crippen molar-refractivity contribution in [3.8, 4) is 10.6 Å². The van der Waals surface area contributed by atoms with Gasteiger partial charge < -0.3 is 9.64 Å². The fourth-order valence-electron chi connectivity index (χ4n) is 5.00. The van der Waals surface area contributed by atoms with Crippen LogP contribution in [-0.2, 0) is 19.1 Å². The van der Waals surface area contributed by atoms with Crippen molar-refractivity contribution in [2.45, 2.75) is 39.2 Å². The third-order valence-corrected chi connectivity index (χ3v) is 7.80. The minimum Gasteiger partial charge on any atom is -0.466 e. The number of likely N-dealkylation sites (tertiary alicyclic amines) is 1. The van der Waals surface area contributed by atoms with E-state index in [-0.39, 0.29) is 30.1 Å². The van der Waals surface area contributed by atoms with E-state index in [1.54, 1.807) is 18.3 Å². The summed E-state index contributed by atoms with van der Waals surface area (Å²) in [6.07, 6.45) is 1.78. The van der Waals surface area contributed by atoms with Crippen molar-refractivity contribution < 1.29 is 24.0 Å². The summed E-state index contributed by atoms with van der Waals surface area (Å²) in [6.45, 7) is 5.53. The predicted octanol–water partition coefficient (Wildman–Crippen LogP) is 2.76. The SMILES string of the molecule is CCOC(=O)[C@@H]1CCC[NH+]([C@@H]2CC(=O)N(c3ccc(-c4nc5ccc(C)cc5s4)cc3)C2=O)C1. The standard InChI is InChI=1S/C26H27N3O4S/c1-3-33-26(32)18-5-4-12-28(15-18)21-14-23(30)29(25(21)31)19-9-7-17(8-10-19)24-27-20-11-6-16(2)13-22(20)34-24/h6-11,13,18,21H,3-5,12,14-15H2,1-2H3/p+1/t18-,21-/m1/s1. The maximum Gasteiger partial charge on any atom is 0.314 e. The Kier molecular flexibility index (Phi) is 6.18. The number of esters is 1. The van der Waals surface area contributed by atoms with E-state index in [9.17, 15) is 14.4 Å². The zero-order valence-electron chi connectivity index (χ0n) is 19.4. The molecular formula is C26H28N3O4S+. The molecule has 5 rings (SSSR count). The largest absolute Gasteiger partial charge is 0.466 e. The Balaban J connectivity index is 1.32. The summed E-state index contributed by atoms with van der Waals surface area (Å²) >= 11 is 1.63. The van der Waals surface area contributed by atoms with E-state index in [0.717, 1.165) is 45.1 Å². The number of piperidine rings is 1. The second-order valence-electron chi connectivity index (χ2n) is 9.06. The average molecular weight is 479 g/mol. The Morgan fingerprint density at radius 1 is 1.21 bits per heavy atom. The molecule has 2 aromatic carbocycles. The second-order valence-corrected chi connectivity index (χ2v) is 10.1. The zero-order chi connectivity index (χ0) is 23.8. The van der Waals surface area contributed by atoms with Crippen LogP contribution in [-0.4, -0.2) is 48.5 Å². The van der Waals surface area contributed by atoms with Crippen LogP contribution in [0, 0.1) is 12.8 Å². The van der Waals surface area contributed by atoms with E-state index in [1.165, 1.54) is 10.5 Å². The molecule has 0 aliphatic carbocycles. The van der Waals surface area contributed by atoms with Gasteiger partial charge >= 0.3 is 5.97 Å². The molecule has 0 bridgehead atoms. The molecule has 34 heavy (non-hydrogen) atoms. The maximum absolute atomic E-state index is 13.3. The van der Waals surface area contributed by atoms with E-state index >= 15 is 0 Å². The number of hydrogen-bond acceptors (Lipinski definition) is 6. The van der Waals surface area contributed by atoms with E-state index in [4.69, 9.17) is 9.72 Å². The number of nitrogens with zero attached hydrogens (tertiary/aromatic N) is 2. The normalized spacial score (nSPS) is 23.0. The van der Waals surface area contributed by atoms with Gasteiger partial charge in [-0.25, -0.2) is 9.88 Å². The highest BCUT2D eigenvalue weighted by atomic mass is 32.1. The molecule has 2 aliphatic heterocycles. The number of ether oxygens (including phenoxy) is 1. The van der Waals surface area contributed by atoms with E-state index < -0.39 is 6.04 Å². The summed E-state index contributed by atoms with van der Waals surface area (Å²) in [5.74, 6) is -0.789. The molecule has 2 fully saturated rings. The van der Waals surface area contributed by atoms with Crippen molar-refractivity contribution in [2.75, 3.05) is 24.6 Å². The lowest BCUT2D eigenvalue weighted by atomic mass is 9.96. The number of carbonyl (C=O) groups is 3. The number of rotatable bonds is 5. The number of hydrogen-bond donors (Lipinski definition) is 1. The number of fused-ring (bicyclic) bond motifs is 1. The highest BCUT2D eigenvalue weighted by Crippen LogP contribution is 2.32. The number of amides is 2. The van der Waals surface area contributed by atoms with Crippen LogP contribution in [0.2, 0.25) is 0 Å². The zero-order valence-corrected chi connectivity index (χ0v) is 20.2. The highest BCUT2D eigenvalue weighted by molar-refractivity contribution is 7.21. The Bertz CT molecular complexity index is 1250. The van der Waals surface area contributed by atoms with E-state index in [0.29, 0.717) is 18.8 Å². The van der Waals surface area contributed by atoms with Crippen LogP contribution in [0.4, 0.5) is 5.69 Å². The van der Waals surface area contributed by atoms with Crippen molar-refractivity contribution in [1.29, 1.82) is 0 Å². The van der Waals surface area contributed by atoms with Gasteiger partial charge in [0.2, 0.25) is 5.91 Å². The lowest BCUT2D eigenvalue weighted by molar-refractivity contribution is -0.922. The van der Waals surface area contributed by atoms with Gasteiger partial charge in [-0.2, -0.15) is 0 Å². The first-order valence-corrected chi connectivity index (χ1v) is 12.6. The fraction of sp³-hybridized carbons (Fsp3) is 0.385. The summed E-state index contributed by atoms with van der Waals surface area (Å²) < 4.78 is 6.32. The summed E-state index contributed by atoms with van der Waals surface area (Å²) in [6, 6.07) is 13.2. The van der Waals surface area contributed by atoms with Gasteiger partial charge in [-0.3, -0.25) is 14.4 Å². The van der Waals surface area contributed by atoms with Crippen molar-refractivity contribution in [1.82, 2.24) is 4.98 Å². The first kappa shape index (κ1) is 22.7. The monoisotopic (exact) mass is 478 g/mol. The summed E-state index contributed by atoms with van der Waals surface area (Å²) in [7, 11) is 0. The van der Waals surface area contributed by atoms with Crippen LogP contribution >= 0.6 is 11.3 Å². The lowest BCUT2D eigenvalue weighted by Gasteiger charge is -2.31. The van der Waals surface area contributed by atoms with Gasteiger partial charge in [0.05, 0.1) is 42.0 Å². The van der Waals surface area contributed by atoms with Crippen molar-refractivity contribution in [3.05, 3.63) is 48.0 Å². The molecule has 176 valence electrons. The van der Waals surface area contributed by atoms with Gasteiger partial charge in [-0.15, -0.1) is 11.3 Å². The van der Waals surface area contributed by atoms with Crippen LogP contribution in [0.25, 0.3) is 20.8 Å². The van der Waals surface area contributed by atoms with Gasteiger partial charge in [-0.05, 0) is 68.7 Å². The number of benzene rings is 2. The molecule has 1 unspecified atom stereocenters. The average Bonchev–Trinajstić information content (AvgIpc) is 3.39. The first-order valence-electron chi connectivity index (χ1n) is 11.8. The Morgan fingerprint density at radius 2 is 2.00 bits per heavy atom. The van der Waals surface area contributed by atoms with E-state index in [2.05, 4.69) is 19.1 Å². The molecule has 8 heteroatoms.